The molecule has 1 fully saturated rings. The van der Waals surface area contributed by atoms with E-state index in [4.69, 9.17) is 9.84 Å². The predicted molar refractivity (Wildman–Crippen MR) is 69.0 cm³/mol. The van der Waals surface area contributed by atoms with Crippen molar-refractivity contribution in [3.63, 3.8) is 0 Å². The van der Waals surface area contributed by atoms with Crippen LogP contribution < -0.4 is 0 Å². The molecule has 4 unspecified atom stereocenters. The van der Waals surface area contributed by atoms with E-state index in [1.807, 2.05) is 0 Å². The lowest BCUT2D eigenvalue weighted by Crippen LogP contribution is -2.33. The number of hydrogen-bond acceptors (Lipinski definition) is 5. The van der Waals surface area contributed by atoms with Gasteiger partial charge < -0.3 is 20.1 Å². The van der Waals surface area contributed by atoms with Crippen LogP contribution in [0.2, 0.25) is 0 Å². The molecule has 1 aliphatic heterocycles. The van der Waals surface area contributed by atoms with Crippen molar-refractivity contribution in [2.75, 3.05) is 12.4 Å². The first-order chi connectivity index (χ1) is 8.20. The first kappa shape index (κ1) is 15.2. The topological polar surface area (TPSA) is 69.9 Å². The molecular weight excluding hydrogens is 240 g/mol. The Hall–Kier alpha value is 0.190. The van der Waals surface area contributed by atoms with Crippen molar-refractivity contribution in [1.82, 2.24) is 0 Å². The third-order valence-electron chi connectivity index (χ3n) is 3.03. The molecule has 4 atom stereocenters. The van der Waals surface area contributed by atoms with E-state index in [1.54, 1.807) is 0 Å². The van der Waals surface area contributed by atoms with Gasteiger partial charge in [-0.25, -0.2) is 0 Å². The maximum absolute atomic E-state index is 9.69. The monoisotopic (exact) mass is 264 g/mol. The minimum absolute atomic E-state index is 0.244. The Morgan fingerprint density at radius 2 is 1.76 bits per heavy atom. The summed E-state index contributed by atoms with van der Waals surface area (Å²) in [7, 11) is 0. The molecule has 0 aliphatic carbocycles. The number of unbranched alkanes of at least 4 members (excludes halogenated alkanes) is 4. The van der Waals surface area contributed by atoms with Crippen LogP contribution in [0.5, 0.6) is 0 Å². The number of thioether (sulfide) groups is 1. The van der Waals surface area contributed by atoms with Gasteiger partial charge in [-0.05, 0) is 12.2 Å². The number of ether oxygens (including phenoxy) is 1. The SMILES string of the molecule is CCCCCCCSC1OC(CO)C(O)C1O. The van der Waals surface area contributed by atoms with Gasteiger partial charge in [-0.3, -0.25) is 0 Å². The third-order valence-corrected chi connectivity index (χ3v) is 4.27. The average Bonchev–Trinajstić information content (AvgIpc) is 2.61. The van der Waals surface area contributed by atoms with Gasteiger partial charge >= 0.3 is 0 Å². The van der Waals surface area contributed by atoms with Gasteiger partial charge in [0, 0.05) is 0 Å². The van der Waals surface area contributed by atoms with Crippen LogP contribution in [0.3, 0.4) is 0 Å². The van der Waals surface area contributed by atoms with Gasteiger partial charge in [0.1, 0.15) is 23.7 Å². The molecular formula is C12H24O4S. The van der Waals surface area contributed by atoms with E-state index >= 15 is 0 Å². The van der Waals surface area contributed by atoms with Gasteiger partial charge in [0.15, 0.2) is 0 Å². The molecule has 0 aromatic rings. The molecule has 1 aliphatic rings. The second-order valence-corrected chi connectivity index (χ2v) is 5.70. The Labute approximate surface area is 107 Å². The minimum Gasteiger partial charge on any atom is -0.394 e. The van der Waals surface area contributed by atoms with Crippen LogP contribution in [0.25, 0.3) is 0 Å². The summed E-state index contributed by atoms with van der Waals surface area (Å²) in [6.07, 6.45) is 3.60. The standard InChI is InChI=1S/C12H24O4S/c1-2-3-4-5-6-7-17-12-11(15)10(14)9(8-13)16-12/h9-15H,2-8H2,1H3. The molecule has 4 nitrogen and oxygen atoms in total. The lowest BCUT2D eigenvalue weighted by Gasteiger charge is -2.13. The van der Waals surface area contributed by atoms with Crippen LogP contribution in [0.1, 0.15) is 39.0 Å². The molecule has 0 spiro atoms. The maximum Gasteiger partial charge on any atom is 0.132 e. The summed E-state index contributed by atoms with van der Waals surface area (Å²) >= 11 is 1.53. The Bertz CT molecular complexity index is 203. The Balaban J connectivity index is 2.11. The van der Waals surface area contributed by atoms with Gasteiger partial charge in [0.25, 0.3) is 0 Å². The molecule has 102 valence electrons. The van der Waals surface area contributed by atoms with E-state index in [2.05, 4.69) is 6.92 Å². The summed E-state index contributed by atoms with van der Waals surface area (Å²) in [6, 6.07) is 0. The van der Waals surface area contributed by atoms with Crippen molar-refractivity contribution in [2.24, 2.45) is 0 Å². The Kier molecular flexibility index (Phi) is 7.46. The fourth-order valence-electron chi connectivity index (χ4n) is 1.91. The molecule has 0 aromatic heterocycles. The summed E-state index contributed by atoms with van der Waals surface area (Å²) in [5, 5.41) is 28.2. The zero-order valence-corrected chi connectivity index (χ0v) is 11.2. The first-order valence-electron chi connectivity index (χ1n) is 6.44. The van der Waals surface area contributed by atoms with Crippen LogP contribution >= 0.6 is 11.8 Å². The molecule has 0 amide bonds. The molecule has 0 bridgehead atoms. The van der Waals surface area contributed by atoms with Gasteiger partial charge in [-0.1, -0.05) is 32.6 Å². The second-order valence-electron chi connectivity index (χ2n) is 4.49. The molecule has 0 saturated carbocycles. The largest absolute Gasteiger partial charge is 0.394 e. The fourth-order valence-corrected chi connectivity index (χ4v) is 3.09. The summed E-state index contributed by atoms with van der Waals surface area (Å²) in [6.45, 7) is 1.94. The highest BCUT2D eigenvalue weighted by Gasteiger charge is 2.42. The minimum atomic E-state index is -0.961. The van der Waals surface area contributed by atoms with E-state index in [0.717, 1.165) is 12.2 Å². The van der Waals surface area contributed by atoms with E-state index in [-0.39, 0.29) is 6.61 Å². The molecule has 0 aromatic carbocycles. The van der Waals surface area contributed by atoms with Crippen molar-refractivity contribution < 1.29 is 20.1 Å². The normalized spacial score (nSPS) is 33.2. The maximum atomic E-state index is 9.69. The molecule has 0 radical (unpaired) electrons. The highest BCUT2D eigenvalue weighted by molar-refractivity contribution is 7.99. The summed E-state index contributed by atoms with van der Waals surface area (Å²) in [5.74, 6) is 0.927. The van der Waals surface area contributed by atoms with Crippen LogP contribution in [-0.4, -0.2) is 51.4 Å². The van der Waals surface area contributed by atoms with Crippen LogP contribution in [0.4, 0.5) is 0 Å². The molecule has 1 heterocycles. The van der Waals surface area contributed by atoms with Gasteiger partial charge in [-0.15, -0.1) is 11.8 Å². The third kappa shape index (κ3) is 4.75. The van der Waals surface area contributed by atoms with Crippen molar-refractivity contribution in [3.05, 3.63) is 0 Å². The second kappa shape index (κ2) is 8.32. The summed E-state index contributed by atoms with van der Waals surface area (Å²) in [4.78, 5) is 0. The lowest BCUT2D eigenvalue weighted by atomic mass is 10.2. The number of rotatable bonds is 8. The van der Waals surface area contributed by atoms with Crippen molar-refractivity contribution >= 4 is 11.8 Å². The highest BCUT2D eigenvalue weighted by Crippen LogP contribution is 2.29. The van der Waals surface area contributed by atoms with Crippen molar-refractivity contribution in [3.8, 4) is 0 Å². The van der Waals surface area contributed by atoms with E-state index < -0.39 is 23.7 Å². The molecule has 5 heteroatoms. The average molecular weight is 264 g/mol. The van der Waals surface area contributed by atoms with E-state index in [1.165, 1.54) is 37.4 Å². The number of hydrogen-bond donors (Lipinski definition) is 3. The van der Waals surface area contributed by atoms with Crippen molar-refractivity contribution in [2.45, 2.75) is 62.8 Å². The van der Waals surface area contributed by atoms with Gasteiger partial charge in [0.2, 0.25) is 0 Å². The molecule has 17 heavy (non-hydrogen) atoms. The summed E-state index contributed by atoms with van der Waals surface area (Å²) < 4.78 is 5.38. The van der Waals surface area contributed by atoms with Gasteiger partial charge in [0.05, 0.1) is 6.61 Å². The van der Waals surface area contributed by atoms with E-state index in [0.29, 0.717) is 0 Å². The lowest BCUT2D eigenvalue weighted by molar-refractivity contribution is -0.00808. The number of aliphatic hydroxyl groups excluding tert-OH is 3. The molecule has 1 rings (SSSR count). The zero-order valence-electron chi connectivity index (χ0n) is 10.4. The predicted octanol–water partition coefficient (Wildman–Crippen LogP) is 1.13. The van der Waals surface area contributed by atoms with Crippen LogP contribution in [0, 0.1) is 0 Å². The van der Waals surface area contributed by atoms with Crippen LogP contribution in [-0.2, 0) is 4.74 Å². The van der Waals surface area contributed by atoms with E-state index in [9.17, 15) is 10.2 Å². The Morgan fingerprint density at radius 3 is 2.35 bits per heavy atom. The highest BCUT2D eigenvalue weighted by atomic mass is 32.2. The molecule has 1 saturated heterocycles. The molecule has 3 N–H and O–H groups in total. The summed E-state index contributed by atoms with van der Waals surface area (Å²) in [5.41, 5.74) is -0.395. The Morgan fingerprint density at radius 1 is 1.06 bits per heavy atom. The first-order valence-corrected chi connectivity index (χ1v) is 7.49. The fraction of sp³-hybridized carbons (Fsp3) is 1.00. The van der Waals surface area contributed by atoms with Crippen molar-refractivity contribution in [1.29, 1.82) is 0 Å². The smallest absolute Gasteiger partial charge is 0.132 e. The quantitative estimate of drug-likeness (QED) is 0.573. The van der Waals surface area contributed by atoms with Gasteiger partial charge in [-0.2, -0.15) is 0 Å². The van der Waals surface area contributed by atoms with Crippen LogP contribution in [0.15, 0.2) is 0 Å². The number of aliphatic hydroxyl groups is 3. The zero-order chi connectivity index (χ0) is 12.7.